The van der Waals surface area contributed by atoms with Gasteiger partial charge in [-0.1, -0.05) is 24.3 Å². The van der Waals surface area contributed by atoms with Crippen molar-refractivity contribution in [1.29, 1.82) is 0 Å². The Morgan fingerprint density at radius 3 is 2.62 bits per heavy atom. The zero-order chi connectivity index (χ0) is 17.2. The minimum absolute atomic E-state index is 0.0154. The van der Waals surface area contributed by atoms with Crippen LogP contribution in [0.4, 0.5) is 13.2 Å². The summed E-state index contributed by atoms with van der Waals surface area (Å²) in [7, 11) is 0. The van der Waals surface area contributed by atoms with Crippen LogP contribution in [0.2, 0.25) is 0 Å². The van der Waals surface area contributed by atoms with Crippen LogP contribution in [0, 0.1) is 0 Å². The molecule has 2 aromatic rings. The van der Waals surface area contributed by atoms with Gasteiger partial charge in [-0.2, -0.15) is 13.2 Å². The topological polar surface area (TPSA) is 44.8 Å². The molecule has 0 fully saturated rings. The molecular formula is C17H13F3O4. The van der Waals surface area contributed by atoms with Crippen LogP contribution in [-0.2, 0) is 22.3 Å². The van der Waals surface area contributed by atoms with Gasteiger partial charge in [-0.25, -0.2) is 4.79 Å². The summed E-state index contributed by atoms with van der Waals surface area (Å²) in [6.45, 7) is -0.289. The lowest BCUT2D eigenvalue weighted by Gasteiger charge is -2.24. The van der Waals surface area contributed by atoms with Gasteiger partial charge in [0.2, 0.25) is 6.10 Å². The standard InChI is InChI=1S/C17H13F3O4/c18-17(19,20)12-5-3-4-11(8-12)9-23-16(21)15-10-22-13-6-1-2-7-14(13)24-15/h1-8,15H,9-10H2. The fourth-order valence-corrected chi connectivity index (χ4v) is 2.22. The number of alkyl halides is 3. The summed E-state index contributed by atoms with van der Waals surface area (Å²) < 4.78 is 53.9. The van der Waals surface area contributed by atoms with E-state index in [1.807, 2.05) is 0 Å². The smallest absolute Gasteiger partial charge is 0.416 e. The van der Waals surface area contributed by atoms with Gasteiger partial charge in [-0.15, -0.1) is 0 Å². The molecule has 24 heavy (non-hydrogen) atoms. The maximum Gasteiger partial charge on any atom is 0.416 e. The zero-order valence-electron chi connectivity index (χ0n) is 12.4. The first-order chi connectivity index (χ1) is 11.4. The van der Waals surface area contributed by atoms with Crippen molar-refractivity contribution >= 4 is 5.97 Å². The van der Waals surface area contributed by atoms with Crippen LogP contribution >= 0.6 is 0 Å². The van der Waals surface area contributed by atoms with Crippen molar-refractivity contribution in [1.82, 2.24) is 0 Å². The summed E-state index contributed by atoms with van der Waals surface area (Å²) in [6.07, 6.45) is -5.39. The van der Waals surface area contributed by atoms with Crippen LogP contribution in [0.1, 0.15) is 11.1 Å². The summed E-state index contributed by atoms with van der Waals surface area (Å²) in [6, 6.07) is 11.5. The Hall–Kier alpha value is -2.70. The number of rotatable bonds is 3. The number of fused-ring (bicyclic) bond motifs is 1. The Labute approximate surface area is 135 Å². The van der Waals surface area contributed by atoms with E-state index in [2.05, 4.69) is 0 Å². The normalized spacial score (nSPS) is 16.5. The molecule has 4 nitrogen and oxygen atoms in total. The summed E-state index contributed by atoms with van der Waals surface area (Å²) >= 11 is 0. The maximum atomic E-state index is 12.7. The van der Waals surface area contributed by atoms with Gasteiger partial charge in [-0.3, -0.25) is 0 Å². The van der Waals surface area contributed by atoms with E-state index in [0.29, 0.717) is 11.5 Å². The third kappa shape index (κ3) is 3.61. The van der Waals surface area contributed by atoms with Gasteiger partial charge in [0, 0.05) is 0 Å². The highest BCUT2D eigenvalue weighted by atomic mass is 19.4. The number of halogens is 3. The predicted octanol–water partition coefficient (Wildman–Crippen LogP) is 3.59. The molecule has 1 aliphatic rings. The fraction of sp³-hybridized carbons (Fsp3) is 0.235. The lowest BCUT2D eigenvalue weighted by atomic mass is 10.1. The molecule has 0 saturated carbocycles. The van der Waals surface area contributed by atoms with Crippen LogP contribution in [0.25, 0.3) is 0 Å². The average Bonchev–Trinajstić information content (AvgIpc) is 2.59. The molecule has 1 atom stereocenters. The van der Waals surface area contributed by atoms with Crippen LogP contribution in [-0.4, -0.2) is 18.7 Å². The molecule has 1 heterocycles. The van der Waals surface area contributed by atoms with E-state index < -0.39 is 23.8 Å². The SMILES string of the molecule is O=C(OCc1cccc(C(F)(F)F)c1)C1COc2ccccc2O1. The van der Waals surface area contributed by atoms with Crippen molar-refractivity contribution < 1.29 is 32.2 Å². The second-order valence-corrected chi connectivity index (χ2v) is 5.17. The summed E-state index contributed by atoms with van der Waals surface area (Å²) in [5.74, 6) is 0.256. The number of hydrogen-bond acceptors (Lipinski definition) is 4. The first kappa shape index (κ1) is 16.2. The van der Waals surface area contributed by atoms with Gasteiger partial charge in [0.25, 0.3) is 0 Å². The van der Waals surface area contributed by atoms with E-state index in [1.54, 1.807) is 24.3 Å². The second-order valence-electron chi connectivity index (χ2n) is 5.17. The predicted molar refractivity (Wildman–Crippen MR) is 77.6 cm³/mol. The molecule has 0 aliphatic carbocycles. The van der Waals surface area contributed by atoms with Crippen LogP contribution in [0.5, 0.6) is 11.5 Å². The number of ether oxygens (including phenoxy) is 3. The first-order valence-electron chi connectivity index (χ1n) is 7.15. The molecule has 0 amide bonds. The number of carbonyl (C=O) groups excluding carboxylic acids is 1. The van der Waals surface area contributed by atoms with E-state index in [9.17, 15) is 18.0 Å². The molecule has 3 rings (SSSR count). The minimum atomic E-state index is -4.44. The summed E-state index contributed by atoms with van der Waals surface area (Å²) in [5.41, 5.74) is -0.544. The zero-order valence-corrected chi connectivity index (χ0v) is 12.4. The maximum absolute atomic E-state index is 12.7. The molecule has 0 saturated heterocycles. The quantitative estimate of drug-likeness (QED) is 0.803. The molecule has 0 spiro atoms. The molecule has 1 unspecified atom stereocenters. The Kier molecular flexibility index (Phi) is 4.33. The van der Waals surface area contributed by atoms with Crippen LogP contribution in [0.3, 0.4) is 0 Å². The molecule has 0 aromatic heterocycles. The molecule has 126 valence electrons. The van der Waals surface area contributed by atoms with Gasteiger partial charge in [-0.05, 0) is 29.8 Å². The number of para-hydroxylation sites is 2. The molecular weight excluding hydrogens is 325 g/mol. The lowest BCUT2D eigenvalue weighted by Crippen LogP contribution is -2.37. The van der Waals surface area contributed by atoms with Crippen LogP contribution < -0.4 is 9.47 Å². The highest BCUT2D eigenvalue weighted by molar-refractivity contribution is 5.76. The third-order valence-corrected chi connectivity index (χ3v) is 3.41. The van der Waals surface area contributed by atoms with E-state index in [-0.39, 0.29) is 18.8 Å². The first-order valence-corrected chi connectivity index (χ1v) is 7.15. The van der Waals surface area contributed by atoms with E-state index in [1.165, 1.54) is 12.1 Å². The number of benzene rings is 2. The Balaban J connectivity index is 1.61. The monoisotopic (exact) mass is 338 g/mol. The Bertz CT molecular complexity index is 743. The van der Waals surface area contributed by atoms with Crippen molar-refractivity contribution in [3.8, 4) is 11.5 Å². The molecule has 0 radical (unpaired) electrons. The van der Waals surface area contributed by atoms with Crippen molar-refractivity contribution in [2.24, 2.45) is 0 Å². The van der Waals surface area contributed by atoms with Gasteiger partial charge in [0.15, 0.2) is 11.5 Å². The molecule has 7 heteroatoms. The number of esters is 1. The van der Waals surface area contributed by atoms with Crippen molar-refractivity contribution in [2.75, 3.05) is 6.61 Å². The van der Waals surface area contributed by atoms with E-state index >= 15 is 0 Å². The molecule has 0 N–H and O–H groups in total. The fourth-order valence-electron chi connectivity index (χ4n) is 2.22. The van der Waals surface area contributed by atoms with Crippen molar-refractivity contribution in [2.45, 2.75) is 18.9 Å². The van der Waals surface area contributed by atoms with Crippen molar-refractivity contribution in [3.05, 3.63) is 59.7 Å². The van der Waals surface area contributed by atoms with Gasteiger partial charge < -0.3 is 14.2 Å². The van der Waals surface area contributed by atoms with Crippen molar-refractivity contribution in [3.63, 3.8) is 0 Å². The number of hydrogen-bond donors (Lipinski definition) is 0. The summed E-state index contributed by atoms with van der Waals surface area (Å²) in [4.78, 5) is 12.0. The van der Waals surface area contributed by atoms with Gasteiger partial charge >= 0.3 is 12.1 Å². The Morgan fingerprint density at radius 2 is 1.88 bits per heavy atom. The molecule has 1 aliphatic heterocycles. The summed E-state index contributed by atoms with van der Waals surface area (Å²) in [5, 5.41) is 0. The van der Waals surface area contributed by atoms with E-state index in [0.717, 1.165) is 12.1 Å². The number of carbonyl (C=O) groups is 1. The molecule has 0 bridgehead atoms. The van der Waals surface area contributed by atoms with Crippen LogP contribution in [0.15, 0.2) is 48.5 Å². The Morgan fingerprint density at radius 1 is 1.12 bits per heavy atom. The lowest BCUT2D eigenvalue weighted by molar-refractivity contribution is -0.155. The minimum Gasteiger partial charge on any atom is -0.485 e. The highest BCUT2D eigenvalue weighted by Crippen LogP contribution is 2.31. The largest absolute Gasteiger partial charge is 0.485 e. The average molecular weight is 338 g/mol. The third-order valence-electron chi connectivity index (χ3n) is 3.41. The van der Waals surface area contributed by atoms with E-state index in [4.69, 9.17) is 14.2 Å². The van der Waals surface area contributed by atoms with Gasteiger partial charge in [0.1, 0.15) is 13.2 Å². The molecule has 2 aromatic carbocycles. The second kappa shape index (κ2) is 6.43. The van der Waals surface area contributed by atoms with Gasteiger partial charge in [0.05, 0.1) is 5.56 Å². The highest BCUT2D eigenvalue weighted by Gasteiger charge is 2.31.